The van der Waals surface area contributed by atoms with Gasteiger partial charge < -0.3 is 10.6 Å². The first kappa shape index (κ1) is 9.92. The molecular formula is C8H20N2. The first-order valence-electron chi connectivity index (χ1n) is 3.66. The van der Waals surface area contributed by atoms with Crippen LogP contribution in [-0.4, -0.2) is 30.1 Å². The van der Waals surface area contributed by atoms with Gasteiger partial charge in [0.2, 0.25) is 0 Å². The number of likely N-dealkylation sites (N-methyl/N-ethyl adjacent to an activating group) is 1. The minimum absolute atomic E-state index is 0.0486. The molecule has 0 bridgehead atoms. The van der Waals surface area contributed by atoms with Crippen molar-refractivity contribution in [3.63, 3.8) is 0 Å². The van der Waals surface area contributed by atoms with Crippen molar-refractivity contribution in [1.82, 2.24) is 4.90 Å². The van der Waals surface area contributed by atoms with Crippen molar-refractivity contribution < 1.29 is 0 Å². The minimum Gasteiger partial charge on any atom is -0.324 e. The third-order valence-electron chi connectivity index (χ3n) is 2.69. The van der Waals surface area contributed by atoms with Crippen LogP contribution in [0.3, 0.4) is 0 Å². The van der Waals surface area contributed by atoms with Crippen LogP contribution < -0.4 is 5.73 Å². The van der Waals surface area contributed by atoms with E-state index in [4.69, 9.17) is 5.73 Å². The van der Waals surface area contributed by atoms with Gasteiger partial charge in [-0.3, -0.25) is 0 Å². The topological polar surface area (TPSA) is 29.3 Å². The fraction of sp³-hybridized carbons (Fsp3) is 1.00. The zero-order valence-electron chi connectivity index (χ0n) is 8.02. The zero-order valence-corrected chi connectivity index (χ0v) is 8.02. The molecule has 0 unspecified atom stereocenters. The molecule has 0 saturated heterocycles. The summed E-state index contributed by atoms with van der Waals surface area (Å²) in [6.45, 7) is 8.39. The SMILES string of the molecule is CN(C)C(C)(C)C(C)(C)N. The van der Waals surface area contributed by atoms with Gasteiger partial charge >= 0.3 is 0 Å². The third kappa shape index (κ3) is 1.70. The van der Waals surface area contributed by atoms with Crippen LogP contribution in [-0.2, 0) is 0 Å². The summed E-state index contributed by atoms with van der Waals surface area (Å²) in [5.41, 5.74) is 5.86. The summed E-state index contributed by atoms with van der Waals surface area (Å²) in [4.78, 5) is 2.15. The Bertz CT molecular complexity index is 109. The third-order valence-corrected chi connectivity index (χ3v) is 2.69. The molecule has 0 amide bonds. The summed E-state index contributed by atoms with van der Waals surface area (Å²) in [7, 11) is 4.10. The summed E-state index contributed by atoms with van der Waals surface area (Å²) in [6.07, 6.45) is 0. The van der Waals surface area contributed by atoms with E-state index in [9.17, 15) is 0 Å². The second kappa shape index (κ2) is 2.51. The summed E-state index contributed by atoms with van der Waals surface area (Å²) in [6, 6.07) is 0. The van der Waals surface area contributed by atoms with Crippen molar-refractivity contribution in [2.24, 2.45) is 5.73 Å². The number of nitrogens with zero attached hydrogens (tertiary/aromatic N) is 1. The molecule has 0 aliphatic rings. The Balaban J connectivity index is 4.40. The van der Waals surface area contributed by atoms with Crippen LogP contribution in [0.5, 0.6) is 0 Å². The average molecular weight is 144 g/mol. The lowest BCUT2D eigenvalue weighted by atomic mass is 9.82. The fourth-order valence-corrected chi connectivity index (χ4v) is 0.576. The molecule has 0 heterocycles. The van der Waals surface area contributed by atoms with E-state index in [0.29, 0.717) is 0 Å². The molecule has 0 radical (unpaired) electrons. The monoisotopic (exact) mass is 144 g/mol. The summed E-state index contributed by atoms with van der Waals surface area (Å²) >= 11 is 0. The molecule has 2 N–H and O–H groups in total. The van der Waals surface area contributed by atoms with Gasteiger partial charge in [-0.2, -0.15) is 0 Å². The highest BCUT2D eigenvalue weighted by atomic mass is 15.2. The van der Waals surface area contributed by atoms with Gasteiger partial charge in [0.25, 0.3) is 0 Å². The quantitative estimate of drug-likeness (QED) is 0.628. The van der Waals surface area contributed by atoms with Crippen LogP contribution in [0.4, 0.5) is 0 Å². The van der Waals surface area contributed by atoms with Gasteiger partial charge in [0, 0.05) is 11.1 Å². The smallest absolute Gasteiger partial charge is 0.0321 e. The number of nitrogens with two attached hydrogens (primary N) is 1. The van der Waals surface area contributed by atoms with E-state index in [2.05, 4.69) is 32.8 Å². The van der Waals surface area contributed by atoms with E-state index >= 15 is 0 Å². The maximum absolute atomic E-state index is 5.97. The van der Waals surface area contributed by atoms with Gasteiger partial charge in [0.1, 0.15) is 0 Å². The van der Waals surface area contributed by atoms with E-state index in [-0.39, 0.29) is 11.1 Å². The molecule has 0 rings (SSSR count). The fourth-order valence-electron chi connectivity index (χ4n) is 0.576. The summed E-state index contributed by atoms with van der Waals surface area (Å²) in [5, 5.41) is 0. The van der Waals surface area contributed by atoms with Crippen LogP contribution >= 0.6 is 0 Å². The maximum atomic E-state index is 5.97. The van der Waals surface area contributed by atoms with Crippen molar-refractivity contribution in [2.75, 3.05) is 14.1 Å². The molecule has 10 heavy (non-hydrogen) atoms. The van der Waals surface area contributed by atoms with E-state index in [1.807, 2.05) is 13.8 Å². The highest BCUT2D eigenvalue weighted by Crippen LogP contribution is 2.22. The lowest BCUT2D eigenvalue weighted by Crippen LogP contribution is -2.60. The second-order valence-electron chi connectivity index (χ2n) is 4.18. The molecule has 0 aromatic heterocycles. The molecule has 0 spiro atoms. The van der Waals surface area contributed by atoms with E-state index < -0.39 is 0 Å². The Morgan fingerprint density at radius 2 is 1.30 bits per heavy atom. The van der Waals surface area contributed by atoms with Gasteiger partial charge in [-0.25, -0.2) is 0 Å². The zero-order chi connectivity index (χ0) is 8.58. The molecule has 0 atom stereocenters. The predicted molar refractivity (Wildman–Crippen MR) is 46.0 cm³/mol. The van der Waals surface area contributed by atoms with E-state index in [1.165, 1.54) is 0 Å². The molecule has 2 heteroatoms. The number of hydrogen-bond donors (Lipinski definition) is 1. The van der Waals surface area contributed by atoms with Crippen molar-refractivity contribution in [3.05, 3.63) is 0 Å². The Morgan fingerprint density at radius 1 is 1.00 bits per heavy atom. The lowest BCUT2D eigenvalue weighted by molar-refractivity contribution is 0.111. The van der Waals surface area contributed by atoms with Gasteiger partial charge in [-0.1, -0.05) is 0 Å². The number of rotatable bonds is 2. The first-order chi connectivity index (χ1) is 4.19. The largest absolute Gasteiger partial charge is 0.324 e. The molecule has 0 aliphatic carbocycles. The summed E-state index contributed by atoms with van der Waals surface area (Å²) < 4.78 is 0. The van der Waals surface area contributed by atoms with Crippen molar-refractivity contribution in [3.8, 4) is 0 Å². The van der Waals surface area contributed by atoms with Gasteiger partial charge in [0.15, 0.2) is 0 Å². The Hall–Kier alpha value is -0.0800. The molecule has 0 saturated carbocycles. The van der Waals surface area contributed by atoms with Gasteiger partial charge in [0.05, 0.1) is 0 Å². The predicted octanol–water partition coefficient (Wildman–Crippen LogP) is 1.06. The molecule has 0 aromatic rings. The number of hydrogen-bond acceptors (Lipinski definition) is 2. The standard InChI is InChI=1S/C8H20N2/c1-7(2,9)8(3,4)10(5)6/h9H2,1-6H3. The molecule has 0 aromatic carbocycles. The van der Waals surface area contributed by atoms with Crippen LogP contribution in [0, 0.1) is 0 Å². The average Bonchev–Trinajstić information content (AvgIpc) is 1.62. The molecule has 62 valence electrons. The van der Waals surface area contributed by atoms with Crippen LogP contribution in [0.1, 0.15) is 27.7 Å². The van der Waals surface area contributed by atoms with Gasteiger partial charge in [-0.15, -0.1) is 0 Å². The Kier molecular flexibility index (Phi) is 2.49. The molecule has 0 fully saturated rings. The van der Waals surface area contributed by atoms with E-state index in [1.54, 1.807) is 0 Å². The molecular weight excluding hydrogens is 124 g/mol. The normalized spacial score (nSPS) is 14.4. The van der Waals surface area contributed by atoms with Crippen LogP contribution in [0.15, 0.2) is 0 Å². The van der Waals surface area contributed by atoms with Crippen molar-refractivity contribution in [2.45, 2.75) is 38.8 Å². The maximum Gasteiger partial charge on any atom is 0.0321 e. The Morgan fingerprint density at radius 3 is 1.30 bits per heavy atom. The van der Waals surface area contributed by atoms with Crippen LogP contribution in [0.25, 0.3) is 0 Å². The van der Waals surface area contributed by atoms with Crippen LogP contribution in [0.2, 0.25) is 0 Å². The highest BCUT2D eigenvalue weighted by Gasteiger charge is 2.34. The highest BCUT2D eigenvalue weighted by molar-refractivity contribution is 4.96. The van der Waals surface area contributed by atoms with Crippen molar-refractivity contribution in [1.29, 1.82) is 0 Å². The van der Waals surface area contributed by atoms with Gasteiger partial charge in [-0.05, 0) is 41.8 Å². The summed E-state index contributed by atoms with van der Waals surface area (Å²) in [5.74, 6) is 0. The van der Waals surface area contributed by atoms with Crippen molar-refractivity contribution >= 4 is 0 Å². The molecule has 2 nitrogen and oxygen atoms in total. The molecule has 0 aliphatic heterocycles. The minimum atomic E-state index is -0.156. The first-order valence-corrected chi connectivity index (χ1v) is 3.66. The lowest BCUT2D eigenvalue weighted by Gasteiger charge is -2.43. The second-order valence-corrected chi connectivity index (χ2v) is 4.18. The Labute approximate surface area is 64.4 Å². The van der Waals surface area contributed by atoms with E-state index in [0.717, 1.165) is 0 Å².